The molecule has 0 radical (unpaired) electrons. The number of hydrogen-bond acceptors (Lipinski definition) is 12. The van der Waals surface area contributed by atoms with Crippen LogP contribution in [0.5, 0.6) is 0 Å². The van der Waals surface area contributed by atoms with E-state index in [9.17, 15) is 24.3 Å². The lowest BCUT2D eigenvalue weighted by Crippen LogP contribution is -2.44. The summed E-state index contributed by atoms with van der Waals surface area (Å²) in [6, 6.07) is 0. The summed E-state index contributed by atoms with van der Waals surface area (Å²) in [5.41, 5.74) is 6.47. The van der Waals surface area contributed by atoms with Crippen LogP contribution in [0, 0.1) is 11.8 Å². The molecule has 288 valence electrons. The minimum absolute atomic E-state index is 0.0132. The number of carbonyl (C=O) groups is 4. The SMILES string of the molecule is CO[C@H]1/C=C\C=C(/C)C(=O)NC2=C(NC[C@H]3CCCO3)C(=O)C(NC[C@H]3CCCO3)=C(C[C@@H](C)C[C@H](OC)[C@H](O)[C@@H](C)/C=C(\C)[C@@H]1OC(N)=O)C2=O. The highest BCUT2D eigenvalue weighted by atomic mass is 16.6. The zero-order valence-electron chi connectivity index (χ0n) is 31.2. The van der Waals surface area contributed by atoms with Crippen molar-refractivity contribution in [1.29, 1.82) is 0 Å². The molecule has 6 N–H and O–H groups in total. The van der Waals surface area contributed by atoms with Crippen molar-refractivity contribution in [3.05, 3.63) is 58.1 Å². The van der Waals surface area contributed by atoms with Crippen LogP contribution < -0.4 is 21.7 Å². The molecule has 2 bridgehead atoms. The largest absolute Gasteiger partial charge is 0.439 e. The third kappa shape index (κ3) is 10.6. The fourth-order valence-corrected chi connectivity index (χ4v) is 7.06. The van der Waals surface area contributed by atoms with Gasteiger partial charge in [-0.25, -0.2) is 4.79 Å². The number of ether oxygens (including phenoxy) is 5. The summed E-state index contributed by atoms with van der Waals surface area (Å²) in [4.78, 5) is 54.5. The Balaban J connectivity index is 1.79. The molecule has 4 aliphatic rings. The number of ketones is 2. The minimum Gasteiger partial charge on any atom is -0.439 e. The zero-order valence-corrected chi connectivity index (χ0v) is 31.2. The predicted octanol–water partition coefficient (Wildman–Crippen LogP) is 2.63. The second-order valence-corrected chi connectivity index (χ2v) is 14.1. The van der Waals surface area contributed by atoms with Crippen LogP contribution >= 0.6 is 0 Å². The van der Waals surface area contributed by atoms with Crippen LogP contribution in [0.1, 0.15) is 66.2 Å². The smallest absolute Gasteiger partial charge is 0.405 e. The normalized spacial score (nSPS) is 33.9. The maximum atomic E-state index is 14.5. The van der Waals surface area contributed by atoms with E-state index in [0.29, 0.717) is 31.8 Å². The highest BCUT2D eigenvalue weighted by Crippen LogP contribution is 2.31. The van der Waals surface area contributed by atoms with Crippen molar-refractivity contribution < 1.29 is 48.0 Å². The Morgan fingerprint density at radius 2 is 1.62 bits per heavy atom. The highest BCUT2D eigenvalue weighted by molar-refractivity contribution is 6.25. The number of primary amides is 1. The van der Waals surface area contributed by atoms with Crippen LogP contribution in [-0.4, -0.2) is 106 Å². The van der Waals surface area contributed by atoms with Crippen molar-refractivity contribution in [2.45, 2.75) is 103 Å². The molecule has 2 amide bonds. The van der Waals surface area contributed by atoms with E-state index in [0.717, 1.165) is 25.7 Å². The number of aliphatic hydroxyl groups is 1. The lowest BCUT2D eigenvalue weighted by atomic mass is 9.84. The maximum Gasteiger partial charge on any atom is 0.405 e. The molecular weight excluding hydrogens is 672 g/mol. The molecule has 0 saturated carbocycles. The third-order valence-corrected chi connectivity index (χ3v) is 10.0. The van der Waals surface area contributed by atoms with Gasteiger partial charge in [0.05, 0.1) is 30.1 Å². The van der Waals surface area contributed by atoms with Gasteiger partial charge in [-0.2, -0.15) is 0 Å². The van der Waals surface area contributed by atoms with Crippen molar-refractivity contribution in [1.82, 2.24) is 16.0 Å². The highest BCUT2D eigenvalue weighted by Gasteiger charge is 2.38. The Labute approximate surface area is 306 Å². The van der Waals surface area contributed by atoms with Gasteiger partial charge in [-0.15, -0.1) is 0 Å². The lowest BCUT2D eigenvalue weighted by Gasteiger charge is -2.31. The summed E-state index contributed by atoms with van der Waals surface area (Å²) >= 11 is 0. The number of nitrogens with two attached hydrogens (primary N) is 1. The van der Waals surface area contributed by atoms with Gasteiger partial charge < -0.3 is 50.5 Å². The summed E-state index contributed by atoms with van der Waals surface area (Å²) in [5, 5.41) is 20.6. The molecule has 0 aromatic heterocycles. The van der Waals surface area contributed by atoms with Gasteiger partial charge in [-0.3, -0.25) is 14.4 Å². The number of hydrogen-bond donors (Lipinski definition) is 5. The van der Waals surface area contributed by atoms with Crippen LogP contribution in [0.4, 0.5) is 4.79 Å². The van der Waals surface area contributed by atoms with E-state index in [4.69, 9.17) is 29.4 Å². The first-order valence-electron chi connectivity index (χ1n) is 18.2. The first-order chi connectivity index (χ1) is 24.8. The van der Waals surface area contributed by atoms with Crippen molar-refractivity contribution in [2.24, 2.45) is 17.6 Å². The topological polar surface area (TPSA) is 197 Å². The zero-order chi connectivity index (χ0) is 37.9. The molecule has 3 aliphatic heterocycles. The van der Waals surface area contributed by atoms with E-state index >= 15 is 0 Å². The van der Waals surface area contributed by atoms with Crippen molar-refractivity contribution >= 4 is 23.6 Å². The number of fused-ring (bicyclic) bond motifs is 2. The van der Waals surface area contributed by atoms with Crippen LogP contribution in [0.15, 0.2) is 58.1 Å². The number of nitrogens with one attached hydrogen (secondary N) is 3. The molecule has 2 saturated heterocycles. The summed E-state index contributed by atoms with van der Waals surface area (Å²) in [5.74, 6) is -2.24. The lowest BCUT2D eigenvalue weighted by molar-refractivity contribution is -0.120. The van der Waals surface area contributed by atoms with E-state index in [2.05, 4.69) is 16.0 Å². The molecule has 0 unspecified atom stereocenters. The van der Waals surface area contributed by atoms with Gasteiger partial charge >= 0.3 is 6.09 Å². The molecule has 4 rings (SSSR count). The number of aliphatic hydroxyl groups excluding tert-OH is 1. The molecule has 52 heavy (non-hydrogen) atoms. The Bertz CT molecular complexity index is 1470. The number of allylic oxidation sites excluding steroid dienone is 3. The molecule has 0 spiro atoms. The monoisotopic (exact) mass is 728 g/mol. The van der Waals surface area contributed by atoms with Gasteiger partial charge in [0.2, 0.25) is 11.6 Å². The van der Waals surface area contributed by atoms with Gasteiger partial charge in [0.25, 0.3) is 5.91 Å². The van der Waals surface area contributed by atoms with Crippen molar-refractivity contribution in [3.63, 3.8) is 0 Å². The Kier molecular flexibility index (Phi) is 15.2. The number of rotatable bonds is 9. The van der Waals surface area contributed by atoms with Gasteiger partial charge in [-0.1, -0.05) is 38.2 Å². The molecule has 14 nitrogen and oxygen atoms in total. The van der Waals surface area contributed by atoms with E-state index in [1.54, 1.807) is 32.1 Å². The number of carbonyl (C=O) groups excluding carboxylic acids is 4. The summed E-state index contributed by atoms with van der Waals surface area (Å²) < 4.78 is 28.4. The molecule has 0 aromatic carbocycles. The third-order valence-electron chi connectivity index (χ3n) is 10.0. The Hall–Kier alpha value is -3.82. The molecule has 8 atom stereocenters. The first-order valence-corrected chi connectivity index (χ1v) is 18.2. The summed E-state index contributed by atoms with van der Waals surface area (Å²) in [6.45, 7) is 8.92. The standard InChI is InChI=1S/C38H56N4O10/c1-21-16-27-30(40-19-25-11-8-14-50-25)35(45)31(41-20-26-12-9-15-51-26)32(34(27)44)42-37(46)22(2)10-7-13-28(48-5)36(52-38(39)47)24(4)18-23(3)33(43)29(17-21)49-6/h7,10,13,18,21,23,25-26,28-29,33,36,40-41,43H,8-9,11-12,14-17,19-20H2,1-6H3,(H2,39,47)(H,42,46)/b13-7-,22-10+,24-18+/t21-,23+,25-,26-,28+,29+,33-,36+/m1/s1. The van der Waals surface area contributed by atoms with Crippen LogP contribution in [-0.2, 0) is 38.1 Å². The molecular formula is C38H56N4O10. The van der Waals surface area contributed by atoms with E-state index in [1.807, 2.05) is 13.8 Å². The Morgan fingerprint density at radius 1 is 0.981 bits per heavy atom. The van der Waals surface area contributed by atoms with Crippen molar-refractivity contribution in [3.8, 4) is 0 Å². The van der Waals surface area contributed by atoms with Gasteiger partial charge in [0.15, 0.2) is 6.10 Å². The van der Waals surface area contributed by atoms with Gasteiger partial charge in [0, 0.05) is 57.6 Å². The maximum absolute atomic E-state index is 14.5. The average Bonchev–Trinajstić information content (AvgIpc) is 3.84. The second-order valence-electron chi connectivity index (χ2n) is 14.1. The molecule has 2 fully saturated rings. The van der Waals surface area contributed by atoms with Crippen molar-refractivity contribution in [2.75, 3.05) is 40.5 Å². The summed E-state index contributed by atoms with van der Waals surface area (Å²) in [7, 11) is 2.95. The van der Waals surface area contributed by atoms with Gasteiger partial charge in [0.1, 0.15) is 17.5 Å². The number of amides is 2. The van der Waals surface area contributed by atoms with E-state index < -0.39 is 53.9 Å². The summed E-state index contributed by atoms with van der Waals surface area (Å²) in [6.07, 6.45) is 5.75. The fourth-order valence-electron chi connectivity index (χ4n) is 7.06. The van der Waals surface area contributed by atoms with Crippen LogP contribution in [0.3, 0.4) is 0 Å². The fraction of sp³-hybridized carbons (Fsp3) is 0.632. The second kappa shape index (κ2) is 19.3. The first kappa shape index (κ1) is 40.9. The number of Topliss-reactive ketones (excluding diaryl/α,β-unsaturated/α-hetero) is 2. The molecule has 1 aliphatic carbocycles. The quantitative estimate of drug-likeness (QED) is 0.172. The van der Waals surface area contributed by atoms with Gasteiger partial charge in [-0.05, 0) is 63.9 Å². The van der Waals surface area contributed by atoms with E-state index in [-0.39, 0.29) is 59.3 Å². The predicted molar refractivity (Wildman–Crippen MR) is 192 cm³/mol. The van der Waals surface area contributed by atoms with E-state index in [1.165, 1.54) is 20.3 Å². The molecule has 3 heterocycles. The molecule has 0 aromatic rings. The molecule has 14 heteroatoms. The Morgan fingerprint density at radius 3 is 2.17 bits per heavy atom. The average molecular weight is 729 g/mol. The van der Waals surface area contributed by atoms with Crippen LogP contribution in [0.25, 0.3) is 0 Å². The number of methoxy groups -OCH3 is 2. The van der Waals surface area contributed by atoms with Crippen LogP contribution in [0.2, 0.25) is 0 Å². The minimum atomic E-state index is -1.00.